The van der Waals surface area contributed by atoms with E-state index in [0.717, 1.165) is 55.3 Å². The highest BCUT2D eigenvalue weighted by Gasteiger charge is 2.16. The molecule has 9 aromatic rings. The third-order valence-electron chi connectivity index (χ3n) is 9.63. The monoisotopic (exact) mass is 659 g/mol. The normalized spacial score (nSPS) is 12.0. The van der Waals surface area contributed by atoms with E-state index in [1.54, 1.807) is 6.21 Å². The lowest BCUT2D eigenvalue weighted by molar-refractivity contribution is 0.472. The summed E-state index contributed by atoms with van der Waals surface area (Å²) in [6.07, 6.45) is 3.57. The molecule has 244 valence electrons. The second-order valence-corrected chi connectivity index (χ2v) is 12.6. The van der Waals surface area contributed by atoms with E-state index in [-0.39, 0.29) is 5.75 Å². The molecule has 0 aliphatic rings. The largest absolute Gasteiger partial charge is 0.505 e. The summed E-state index contributed by atoms with van der Waals surface area (Å²) in [4.78, 5) is 9.66. The summed E-state index contributed by atoms with van der Waals surface area (Å²) in [6, 6.07) is 53.1. The Morgan fingerprint density at radius 2 is 0.961 bits per heavy atom. The van der Waals surface area contributed by atoms with Crippen LogP contribution in [0.25, 0.3) is 55.0 Å². The molecule has 0 radical (unpaired) electrons. The number of rotatable bonds is 7. The van der Waals surface area contributed by atoms with Crippen LogP contribution in [0.5, 0.6) is 5.75 Å². The van der Waals surface area contributed by atoms with Crippen molar-refractivity contribution < 1.29 is 5.11 Å². The standard InChI is InChI=1S/C45H33N5O/c46-44-31(14-11-25-42(44)49-38-21-7-2-16-33(38)34-17-3-8-22-39(34)49)28-47-27-30-13-1-6-20-37(30)48-29-32-15-12-26-43(45(32)51)50-40-23-9-4-18-35(40)36-19-5-10-24-41(36)50/h1-26,28-29,51H,27,46H2. The number of nitrogens with two attached hydrogens (primary N) is 1. The van der Waals surface area contributed by atoms with Crippen LogP contribution in [0.2, 0.25) is 0 Å². The van der Waals surface area contributed by atoms with E-state index in [0.29, 0.717) is 23.5 Å². The van der Waals surface area contributed by atoms with E-state index >= 15 is 0 Å². The molecule has 0 bridgehead atoms. The predicted octanol–water partition coefficient (Wildman–Crippen LogP) is 10.5. The number of aromatic hydroxyl groups is 1. The average molecular weight is 660 g/mol. The minimum atomic E-state index is 0.168. The summed E-state index contributed by atoms with van der Waals surface area (Å²) in [5.41, 5.74) is 16.6. The topological polar surface area (TPSA) is 80.8 Å². The van der Waals surface area contributed by atoms with Crippen LogP contribution < -0.4 is 5.73 Å². The van der Waals surface area contributed by atoms with Crippen molar-refractivity contribution in [3.8, 4) is 17.1 Å². The Bertz CT molecular complexity index is 2710. The average Bonchev–Trinajstić information content (AvgIpc) is 3.69. The molecule has 2 heterocycles. The molecule has 0 amide bonds. The molecule has 0 aliphatic carbocycles. The van der Waals surface area contributed by atoms with Crippen LogP contribution in [0, 0.1) is 0 Å². The van der Waals surface area contributed by atoms with Gasteiger partial charge in [0, 0.05) is 45.1 Å². The quantitative estimate of drug-likeness (QED) is 0.132. The molecule has 0 unspecified atom stereocenters. The van der Waals surface area contributed by atoms with Crippen LogP contribution in [-0.4, -0.2) is 26.7 Å². The number of nitrogens with zero attached hydrogens (tertiary/aromatic N) is 4. The zero-order valence-corrected chi connectivity index (χ0v) is 27.7. The number of aromatic nitrogens is 2. The fraction of sp³-hybridized carbons (Fsp3) is 0.0222. The molecule has 0 saturated carbocycles. The van der Waals surface area contributed by atoms with Crippen LogP contribution in [0.4, 0.5) is 11.4 Å². The molecule has 0 aliphatic heterocycles. The molecular weight excluding hydrogens is 627 g/mol. The van der Waals surface area contributed by atoms with E-state index < -0.39 is 0 Å². The maximum absolute atomic E-state index is 11.6. The molecule has 51 heavy (non-hydrogen) atoms. The molecule has 9 rings (SSSR count). The van der Waals surface area contributed by atoms with Crippen molar-refractivity contribution in [2.45, 2.75) is 6.54 Å². The maximum atomic E-state index is 11.6. The Hall–Kier alpha value is -6.92. The second-order valence-electron chi connectivity index (χ2n) is 12.6. The molecular formula is C45H33N5O. The van der Waals surface area contributed by atoms with Crippen molar-refractivity contribution in [3.05, 3.63) is 174 Å². The fourth-order valence-corrected chi connectivity index (χ4v) is 7.23. The van der Waals surface area contributed by atoms with Gasteiger partial charge in [-0.15, -0.1) is 0 Å². The van der Waals surface area contributed by atoms with E-state index in [1.807, 2.05) is 85.1 Å². The van der Waals surface area contributed by atoms with Crippen molar-refractivity contribution in [3.63, 3.8) is 0 Å². The number of aliphatic imine (C=N–C) groups is 2. The van der Waals surface area contributed by atoms with Crippen molar-refractivity contribution in [1.29, 1.82) is 0 Å². The first-order valence-electron chi connectivity index (χ1n) is 17.0. The Morgan fingerprint density at radius 3 is 1.55 bits per heavy atom. The summed E-state index contributed by atoms with van der Waals surface area (Å²) in [5, 5.41) is 16.2. The third kappa shape index (κ3) is 5.13. The lowest BCUT2D eigenvalue weighted by Crippen LogP contribution is -2.03. The zero-order valence-electron chi connectivity index (χ0n) is 27.7. The number of para-hydroxylation sites is 7. The number of hydrogen-bond donors (Lipinski definition) is 2. The summed E-state index contributed by atoms with van der Waals surface area (Å²) < 4.78 is 4.34. The Labute approximate surface area is 294 Å². The van der Waals surface area contributed by atoms with Crippen molar-refractivity contribution in [2.24, 2.45) is 9.98 Å². The van der Waals surface area contributed by atoms with E-state index in [9.17, 15) is 5.11 Å². The molecule has 6 heteroatoms. The van der Waals surface area contributed by atoms with Crippen molar-refractivity contribution in [1.82, 2.24) is 9.13 Å². The van der Waals surface area contributed by atoms with Crippen LogP contribution >= 0.6 is 0 Å². The number of phenols is 1. The molecule has 7 aromatic carbocycles. The molecule has 0 fully saturated rings. The van der Waals surface area contributed by atoms with Gasteiger partial charge in [-0.3, -0.25) is 9.98 Å². The highest BCUT2D eigenvalue weighted by Crippen LogP contribution is 2.37. The number of anilines is 1. The van der Waals surface area contributed by atoms with Gasteiger partial charge >= 0.3 is 0 Å². The van der Waals surface area contributed by atoms with Crippen LogP contribution in [0.3, 0.4) is 0 Å². The van der Waals surface area contributed by atoms with Gasteiger partial charge in [0.15, 0.2) is 0 Å². The van der Waals surface area contributed by atoms with Gasteiger partial charge in [-0.1, -0.05) is 109 Å². The maximum Gasteiger partial charge on any atom is 0.148 e. The second kappa shape index (κ2) is 12.5. The smallest absolute Gasteiger partial charge is 0.148 e. The first kappa shape index (κ1) is 30.2. The third-order valence-corrected chi connectivity index (χ3v) is 9.63. The molecule has 0 spiro atoms. The molecule has 0 saturated heterocycles. The van der Waals surface area contributed by atoms with Crippen molar-refractivity contribution in [2.75, 3.05) is 5.73 Å². The number of hydrogen-bond acceptors (Lipinski definition) is 4. The minimum Gasteiger partial charge on any atom is -0.505 e. The number of nitrogen functional groups attached to an aromatic ring is 1. The van der Waals surface area contributed by atoms with Gasteiger partial charge < -0.3 is 20.0 Å². The van der Waals surface area contributed by atoms with Gasteiger partial charge in [-0.05, 0) is 54.1 Å². The van der Waals surface area contributed by atoms with Crippen LogP contribution in [-0.2, 0) is 6.54 Å². The SMILES string of the molecule is Nc1c(C=NCc2ccccc2N=Cc2cccc(-n3c4ccccc4c4ccccc43)c2O)cccc1-n1c2ccccc2c2ccccc21. The lowest BCUT2D eigenvalue weighted by Gasteiger charge is -2.13. The van der Waals surface area contributed by atoms with E-state index in [2.05, 4.69) is 88.0 Å². The molecule has 2 aromatic heterocycles. The summed E-state index contributed by atoms with van der Waals surface area (Å²) >= 11 is 0. The minimum absolute atomic E-state index is 0.168. The first-order chi connectivity index (χ1) is 25.2. The first-order valence-corrected chi connectivity index (χ1v) is 17.0. The summed E-state index contributed by atoms with van der Waals surface area (Å²) in [6.45, 7) is 0.417. The number of benzene rings is 7. The Kier molecular flexibility index (Phi) is 7.40. The molecule has 3 N–H and O–H groups in total. The number of phenolic OH excluding ortho intramolecular Hbond substituents is 1. The van der Waals surface area contributed by atoms with Gasteiger partial charge in [0.1, 0.15) is 5.75 Å². The van der Waals surface area contributed by atoms with Crippen LogP contribution in [0.1, 0.15) is 16.7 Å². The van der Waals surface area contributed by atoms with Gasteiger partial charge in [-0.25, -0.2) is 0 Å². The molecule has 0 atom stereocenters. The summed E-state index contributed by atoms with van der Waals surface area (Å²) in [7, 11) is 0. The van der Waals surface area contributed by atoms with Gasteiger partial charge in [0.05, 0.1) is 51.4 Å². The van der Waals surface area contributed by atoms with Crippen molar-refractivity contribution >= 4 is 67.4 Å². The summed E-state index contributed by atoms with van der Waals surface area (Å²) in [5.74, 6) is 0.168. The van der Waals surface area contributed by atoms with Gasteiger partial charge in [0.25, 0.3) is 0 Å². The predicted molar refractivity (Wildman–Crippen MR) is 213 cm³/mol. The molecule has 6 nitrogen and oxygen atoms in total. The fourth-order valence-electron chi connectivity index (χ4n) is 7.23. The van der Waals surface area contributed by atoms with Gasteiger partial charge in [-0.2, -0.15) is 0 Å². The van der Waals surface area contributed by atoms with Crippen LogP contribution in [0.15, 0.2) is 168 Å². The Morgan fingerprint density at radius 1 is 0.490 bits per heavy atom. The van der Waals surface area contributed by atoms with E-state index in [4.69, 9.17) is 15.7 Å². The Balaban J connectivity index is 1.02. The van der Waals surface area contributed by atoms with E-state index in [1.165, 1.54) is 10.8 Å². The number of fused-ring (bicyclic) bond motifs is 6. The zero-order chi connectivity index (χ0) is 34.3. The van der Waals surface area contributed by atoms with Gasteiger partial charge in [0.2, 0.25) is 0 Å². The highest BCUT2D eigenvalue weighted by molar-refractivity contribution is 6.11. The highest BCUT2D eigenvalue weighted by atomic mass is 16.3. The lowest BCUT2D eigenvalue weighted by atomic mass is 10.1.